The summed E-state index contributed by atoms with van der Waals surface area (Å²) in [5.74, 6) is 7.68. The van der Waals surface area contributed by atoms with Crippen molar-refractivity contribution < 1.29 is 0 Å². The maximum absolute atomic E-state index is 2.60. The molecule has 0 spiro atoms. The normalized spacial score (nSPS) is 44.1. The Kier molecular flexibility index (Phi) is 4.65. The Labute approximate surface area is 138 Å². The predicted octanol–water partition coefficient (Wildman–Crippen LogP) is 6.61. The molecule has 4 aliphatic carbocycles. The molecule has 0 saturated heterocycles. The quantitative estimate of drug-likeness (QED) is 0.255. The van der Waals surface area contributed by atoms with Crippen molar-refractivity contribution in [3.05, 3.63) is 12.2 Å². The minimum absolute atomic E-state index is 1.01. The molecule has 0 aromatic carbocycles. The maximum atomic E-state index is 2.60. The van der Waals surface area contributed by atoms with Gasteiger partial charge in [0.25, 0.3) is 0 Å². The molecule has 0 amide bonds. The second-order valence-electron chi connectivity index (χ2n) is 9.02. The summed E-state index contributed by atoms with van der Waals surface area (Å²) >= 11 is 0. The van der Waals surface area contributed by atoms with E-state index < -0.39 is 0 Å². The first-order valence-electron chi connectivity index (χ1n) is 10.6. The summed E-state index contributed by atoms with van der Waals surface area (Å²) in [6.07, 6.45) is 23.3. The first kappa shape index (κ1) is 15.3. The molecular weight excluding hydrogens is 264 g/mol. The monoisotopic (exact) mass is 300 g/mol. The molecule has 0 heterocycles. The molecule has 7 unspecified atom stereocenters. The van der Waals surface area contributed by atoms with Gasteiger partial charge in [-0.2, -0.15) is 0 Å². The van der Waals surface area contributed by atoms with E-state index in [1.54, 1.807) is 19.3 Å². The number of unbranched alkanes of at least 4 members (excludes halogenated alkanes) is 7. The fourth-order valence-electron chi connectivity index (χ4n) is 7.03. The van der Waals surface area contributed by atoms with Gasteiger partial charge in [-0.15, -0.1) is 0 Å². The van der Waals surface area contributed by atoms with E-state index in [9.17, 15) is 0 Å². The fraction of sp³-hybridized carbons (Fsp3) is 0.909. The van der Waals surface area contributed by atoms with Crippen molar-refractivity contribution in [2.75, 3.05) is 0 Å². The lowest BCUT2D eigenvalue weighted by molar-refractivity contribution is 0.142. The molecule has 0 N–H and O–H groups in total. The van der Waals surface area contributed by atoms with E-state index >= 15 is 0 Å². The van der Waals surface area contributed by atoms with Crippen LogP contribution in [0.15, 0.2) is 12.2 Å². The summed E-state index contributed by atoms with van der Waals surface area (Å²) in [7, 11) is 0. The topological polar surface area (TPSA) is 0 Å². The highest BCUT2D eigenvalue weighted by Crippen LogP contribution is 2.67. The zero-order chi connectivity index (χ0) is 14.9. The van der Waals surface area contributed by atoms with Gasteiger partial charge < -0.3 is 0 Å². The van der Waals surface area contributed by atoms with Gasteiger partial charge in [-0.25, -0.2) is 0 Å². The van der Waals surface area contributed by atoms with Gasteiger partial charge in [-0.05, 0) is 60.7 Å². The zero-order valence-electron chi connectivity index (χ0n) is 14.7. The van der Waals surface area contributed by atoms with Crippen molar-refractivity contribution >= 4 is 0 Å². The molecule has 0 radical (unpaired) electrons. The second kappa shape index (κ2) is 6.70. The van der Waals surface area contributed by atoms with Gasteiger partial charge >= 0.3 is 0 Å². The maximum Gasteiger partial charge on any atom is -0.0194 e. The molecule has 4 rings (SSSR count). The molecule has 0 aromatic rings. The molecule has 0 aromatic heterocycles. The highest BCUT2D eigenvalue weighted by atomic mass is 14.6. The van der Waals surface area contributed by atoms with Crippen LogP contribution in [0.5, 0.6) is 0 Å². The Bertz CT molecular complexity index is 395. The van der Waals surface area contributed by atoms with Gasteiger partial charge in [0.15, 0.2) is 0 Å². The average molecular weight is 301 g/mol. The van der Waals surface area contributed by atoms with E-state index in [1.165, 1.54) is 57.8 Å². The molecule has 7 atom stereocenters. The van der Waals surface area contributed by atoms with E-state index in [0.717, 1.165) is 41.4 Å². The van der Waals surface area contributed by atoms with Gasteiger partial charge in [0.05, 0.1) is 0 Å². The Balaban J connectivity index is 1.15. The Hall–Kier alpha value is -0.260. The molecule has 3 fully saturated rings. The Morgan fingerprint density at radius 1 is 0.727 bits per heavy atom. The third kappa shape index (κ3) is 2.69. The summed E-state index contributed by atoms with van der Waals surface area (Å²) in [4.78, 5) is 0. The van der Waals surface area contributed by atoms with Crippen molar-refractivity contribution in [2.24, 2.45) is 41.4 Å². The second-order valence-corrected chi connectivity index (χ2v) is 9.02. The standard InChI is InChI=1S/C22H36/c1-2-3-4-5-6-7-8-9-10-16-13-19-15-20(16)22-18-12-11-17(14-18)21(19)22/h11-12,16-22H,2-10,13-15H2,1H3. The van der Waals surface area contributed by atoms with Crippen molar-refractivity contribution in [3.8, 4) is 0 Å². The van der Waals surface area contributed by atoms with Crippen LogP contribution >= 0.6 is 0 Å². The summed E-state index contributed by atoms with van der Waals surface area (Å²) in [6.45, 7) is 2.31. The SMILES string of the molecule is CCCCCCCCCCC1CC2CC1C1C3C=CC(C3)C21. The largest absolute Gasteiger partial charge is 0.0848 e. The number of hydrogen-bond donors (Lipinski definition) is 0. The fourth-order valence-corrected chi connectivity index (χ4v) is 7.03. The zero-order valence-corrected chi connectivity index (χ0v) is 14.7. The van der Waals surface area contributed by atoms with Crippen LogP contribution in [-0.4, -0.2) is 0 Å². The third-order valence-electron chi connectivity index (χ3n) is 7.84. The molecular formula is C22H36. The van der Waals surface area contributed by atoms with Crippen LogP contribution in [0.25, 0.3) is 0 Å². The number of rotatable bonds is 9. The molecule has 3 saturated carbocycles. The van der Waals surface area contributed by atoms with Gasteiger partial charge in [0, 0.05) is 0 Å². The molecule has 22 heavy (non-hydrogen) atoms. The lowest BCUT2D eigenvalue weighted by Crippen LogP contribution is -2.30. The van der Waals surface area contributed by atoms with Crippen molar-refractivity contribution in [1.82, 2.24) is 0 Å². The van der Waals surface area contributed by atoms with Gasteiger partial charge in [0.1, 0.15) is 0 Å². The Morgan fingerprint density at radius 3 is 2.18 bits per heavy atom. The molecule has 124 valence electrons. The van der Waals surface area contributed by atoms with Crippen molar-refractivity contribution in [2.45, 2.75) is 84.0 Å². The van der Waals surface area contributed by atoms with Crippen LogP contribution in [0.1, 0.15) is 84.0 Å². The van der Waals surface area contributed by atoms with Crippen LogP contribution in [0, 0.1) is 41.4 Å². The van der Waals surface area contributed by atoms with Crippen LogP contribution in [0.3, 0.4) is 0 Å². The Morgan fingerprint density at radius 2 is 1.41 bits per heavy atom. The summed E-state index contributed by atoms with van der Waals surface area (Å²) in [5.41, 5.74) is 0. The lowest BCUT2D eigenvalue weighted by atomic mass is 9.68. The number of hydrogen-bond acceptors (Lipinski definition) is 0. The highest BCUT2D eigenvalue weighted by Gasteiger charge is 2.60. The summed E-state index contributed by atoms with van der Waals surface area (Å²) in [5, 5.41) is 0. The third-order valence-corrected chi connectivity index (χ3v) is 7.84. The minimum atomic E-state index is 1.01. The molecule has 4 bridgehead atoms. The molecule has 0 heteroatoms. The van der Waals surface area contributed by atoms with Gasteiger partial charge in [-0.1, -0.05) is 76.9 Å². The van der Waals surface area contributed by atoms with Crippen molar-refractivity contribution in [1.29, 1.82) is 0 Å². The summed E-state index contributed by atoms with van der Waals surface area (Å²) < 4.78 is 0. The van der Waals surface area contributed by atoms with Crippen LogP contribution in [0.4, 0.5) is 0 Å². The molecule has 0 aliphatic heterocycles. The minimum Gasteiger partial charge on any atom is -0.0848 e. The van der Waals surface area contributed by atoms with Gasteiger partial charge in [0.2, 0.25) is 0 Å². The van der Waals surface area contributed by atoms with E-state index in [-0.39, 0.29) is 0 Å². The molecule has 0 nitrogen and oxygen atoms in total. The first-order valence-corrected chi connectivity index (χ1v) is 10.6. The smallest absolute Gasteiger partial charge is 0.0194 e. The van der Waals surface area contributed by atoms with E-state index in [0.29, 0.717) is 0 Å². The first-order chi connectivity index (χ1) is 10.9. The van der Waals surface area contributed by atoms with Gasteiger partial charge in [-0.3, -0.25) is 0 Å². The number of allylic oxidation sites excluding steroid dienone is 2. The van der Waals surface area contributed by atoms with Crippen LogP contribution in [-0.2, 0) is 0 Å². The molecule has 4 aliphatic rings. The lowest BCUT2D eigenvalue weighted by Gasteiger charge is -2.36. The highest BCUT2D eigenvalue weighted by molar-refractivity contribution is 5.20. The summed E-state index contributed by atoms with van der Waals surface area (Å²) in [6, 6.07) is 0. The van der Waals surface area contributed by atoms with E-state index in [4.69, 9.17) is 0 Å². The van der Waals surface area contributed by atoms with E-state index in [1.807, 2.05) is 0 Å². The van der Waals surface area contributed by atoms with Crippen molar-refractivity contribution in [3.63, 3.8) is 0 Å². The predicted molar refractivity (Wildman–Crippen MR) is 94.6 cm³/mol. The van der Waals surface area contributed by atoms with Crippen LogP contribution in [0.2, 0.25) is 0 Å². The average Bonchev–Trinajstić information content (AvgIpc) is 3.28. The number of fused-ring (bicyclic) bond motifs is 9. The van der Waals surface area contributed by atoms with Crippen LogP contribution < -0.4 is 0 Å². The van der Waals surface area contributed by atoms with E-state index in [2.05, 4.69) is 19.1 Å².